The van der Waals surface area contributed by atoms with E-state index in [1.54, 1.807) is 19.1 Å². The number of hydrogen-bond acceptors (Lipinski definition) is 2. The van der Waals surface area contributed by atoms with E-state index in [1.165, 1.54) is 0 Å². The minimum atomic E-state index is -0.339. The molecule has 84 valence electrons. The van der Waals surface area contributed by atoms with Gasteiger partial charge in [-0.2, -0.15) is 0 Å². The summed E-state index contributed by atoms with van der Waals surface area (Å²) in [6.07, 6.45) is 0. The standard InChI is InChI=1S/C10H15N2O2.Sn.4H/c1-8-5-6-9(12(2,3)4)7-10(8)11(13)14;;;;;/h5-7H,1-4H3;;;;;/q+1;;;;;. The summed E-state index contributed by atoms with van der Waals surface area (Å²) in [5.74, 6) is 0. The second-order valence-electron chi connectivity index (χ2n) is 4.24. The summed E-state index contributed by atoms with van der Waals surface area (Å²) in [6.45, 7) is 1.75. The van der Waals surface area contributed by atoms with Crippen LogP contribution in [0.4, 0.5) is 11.4 Å². The predicted molar refractivity (Wildman–Crippen MR) is 68.7 cm³/mol. The summed E-state index contributed by atoms with van der Waals surface area (Å²) >= 11 is 0. The first-order valence-corrected chi connectivity index (χ1v) is 4.39. The summed E-state index contributed by atoms with van der Waals surface area (Å²) in [7, 11) is 5.94. The molecule has 1 rings (SSSR count). The second kappa shape index (κ2) is 4.94. The SMILES string of the molecule is Cc1ccc([N+](C)(C)C)cc1[N+](=O)[O-].[SnH4]. The number of nitrogens with zero attached hydrogens (tertiary/aromatic N) is 2. The Bertz CT molecular complexity index is 372. The van der Waals surface area contributed by atoms with Crippen LogP contribution in [0, 0.1) is 17.0 Å². The van der Waals surface area contributed by atoms with E-state index in [0.717, 1.165) is 5.69 Å². The molecule has 1 aromatic rings. The molecule has 4 nitrogen and oxygen atoms in total. The first kappa shape index (κ1) is 14.4. The van der Waals surface area contributed by atoms with Gasteiger partial charge in [-0.25, -0.2) is 0 Å². The van der Waals surface area contributed by atoms with E-state index in [1.807, 2.05) is 27.2 Å². The van der Waals surface area contributed by atoms with Crippen LogP contribution in [0.5, 0.6) is 0 Å². The minimum absolute atomic E-state index is 0. The van der Waals surface area contributed by atoms with Crippen LogP contribution in [0.15, 0.2) is 18.2 Å². The molecule has 0 bridgehead atoms. The van der Waals surface area contributed by atoms with Crippen molar-refractivity contribution in [2.24, 2.45) is 0 Å². The van der Waals surface area contributed by atoms with Gasteiger partial charge < -0.3 is 0 Å². The molecule has 0 aliphatic rings. The Morgan fingerprint density at radius 2 is 1.80 bits per heavy atom. The van der Waals surface area contributed by atoms with E-state index in [4.69, 9.17) is 0 Å². The van der Waals surface area contributed by atoms with Gasteiger partial charge in [-0.1, -0.05) is 0 Å². The average molecular weight is 318 g/mol. The third-order valence-electron chi connectivity index (χ3n) is 2.16. The molecule has 0 aliphatic carbocycles. The van der Waals surface area contributed by atoms with E-state index in [0.29, 0.717) is 10.0 Å². The van der Waals surface area contributed by atoms with Crippen molar-refractivity contribution >= 4 is 35.3 Å². The second-order valence-corrected chi connectivity index (χ2v) is 4.24. The van der Waals surface area contributed by atoms with Gasteiger partial charge in [0.25, 0.3) is 5.69 Å². The molecule has 15 heavy (non-hydrogen) atoms. The van der Waals surface area contributed by atoms with Gasteiger partial charge in [-0.05, 0) is 19.1 Å². The number of nitro groups is 1. The summed E-state index contributed by atoms with van der Waals surface area (Å²) in [5, 5.41) is 10.7. The molecular weight excluding hydrogens is 299 g/mol. The maximum atomic E-state index is 10.7. The van der Waals surface area contributed by atoms with Crippen molar-refractivity contribution < 1.29 is 4.92 Å². The Morgan fingerprint density at radius 3 is 2.20 bits per heavy atom. The Hall–Kier alpha value is -0.621. The monoisotopic (exact) mass is 319 g/mol. The van der Waals surface area contributed by atoms with Crippen molar-refractivity contribution in [1.29, 1.82) is 0 Å². The third kappa shape index (κ3) is 3.46. The van der Waals surface area contributed by atoms with E-state index in [2.05, 4.69) is 0 Å². The molecule has 0 amide bonds. The van der Waals surface area contributed by atoms with E-state index >= 15 is 0 Å². The van der Waals surface area contributed by atoms with Crippen LogP contribution < -0.4 is 4.48 Å². The molecule has 0 unspecified atom stereocenters. The van der Waals surface area contributed by atoms with Crippen LogP contribution in [-0.2, 0) is 0 Å². The summed E-state index contributed by atoms with van der Waals surface area (Å²) < 4.78 is 0.584. The Kier molecular flexibility index (Phi) is 4.73. The van der Waals surface area contributed by atoms with Crippen molar-refractivity contribution in [3.63, 3.8) is 0 Å². The van der Waals surface area contributed by atoms with E-state index < -0.39 is 0 Å². The van der Waals surface area contributed by atoms with Crippen molar-refractivity contribution in [3.8, 4) is 0 Å². The number of benzene rings is 1. The quantitative estimate of drug-likeness (QED) is 0.348. The third-order valence-corrected chi connectivity index (χ3v) is 2.16. The summed E-state index contributed by atoms with van der Waals surface area (Å²) in [4.78, 5) is 10.4. The Balaban J connectivity index is 0.00000196. The summed E-state index contributed by atoms with van der Waals surface area (Å²) in [6, 6.07) is 5.34. The molecule has 1 aromatic carbocycles. The van der Waals surface area contributed by atoms with Crippen LogP contribution in [0.3, 0.4) is 0 Å². The molecule has 0 aliphatic heterocycles. The first-order chi connectivity index (χ1) is 6.32. The molecule has 5 heteroatoms. The number of aryl methyl sites for hydroxylation is 1. The molecule has 0 atom stereocenters. The average Bonchev–Trinajstić information content (AvgIpc) is 2.02. The maximum absolute atomic E-state index is 10.7. The molecule has 0 N–H and O–H groups in total. The predicted octanol–water partition coefficient (Wildman–Crippen LogP) is 0.648. The van der Waals surface area contributed by atoms with Crippen molar-refractivity contribution in [3.05, 3.63) is 33.9 Å². The molecule has 0 spiro atoms. The summed E-state index contributed by atoms with van der Waals surface area (Å²) in [5.41, 5.74) is 1.82. The Morgan fingerprint density at radius 1 is 1.27 bits per heavy atom. The molecule has 0 saturated heterocycles. The van der Waals surface area contributed by atoms with Crippen LogP contribution in [0.2, 0.25) is 0 Å². The topological polar surface area (TPSA) is 43.1 Å². The van der Waals surface area contributed by atoms with Crippen molar-refractivity contribution in [2.75, 3.05) is 21.1 Å². The molecule has 0 saturated carbocycles. The van der Waals surface area contributed by atoms with Gasteiger partial charge in [0.2, 0.25) is 0 Å². The number of quaternary nitrogens is 1. The molecule has 0 heterocycles. The molecule has 0 radical (unpaired) electrons. The zero-order valence-electron chi connectivity index (χ0n) is 8.94. The van der Waals surface area contributed by atoms with Crippen LogP contribution >= 0.6 is 0 Å². The molecule has 0 fully saturated rings. The van der Waals surface area contributed by atoms with Gasteiger partial charge in [-0.3, -0.25) is 14.6 Å². The van der Waals surface area contributed by atoms with E-state index in [-0.39, 0.29) is 34.5 Å². The van der Waals surface area contributed by atoms with E-state index in [9.17, 15) is 10.1 Å². The zero-order chi connectivity index (χ0) is 10.9. The van der Waals surface area contributed by atoms with Gasteiger partial charge in [0, 0.05) is 5.56 Å². The van der Waals surface area contributed by atoms with Gasteiger partial charge in [0.15, 0.2) is 0 Å². The van der Waals surface area contributed by atoms with Crippen LogP contribution in [-0.4, -0.2) is 50.0 Å². The number of rotatable bonds is 2. The fourth-order valence-electron chi connectivity index (χ4n) is 1.21. The van der Waals surface area contributed by atoms with Gasteiger partial charge in [-0.15, -0.1) is 0 Å². The molecular formula is C10H19N2O2Sn+. The van der Waals surface area contributed by atoms with Gasteiger partial charge >= 0.3 is 23.9 Å². The van der Waals surface area contributed by atoms with Gasteiger partial charge in [0.1, 0.15) is 5.69 Å². The first-order valence-electron chi connectivity index (χ1n) is 4.39. The van der Waals surface area contributed by atoms with Crippen molar-refractivity contribution in [2.45, 2.75) is 6.92 Å². The zero-order valence-corrected chi connectivity index (χ0v) is 8.94. The van der Waals surface area contributed by atoms with Gasteiger partial charge in [0.05, 0.1) is 32.1 Å². The van der Waals surface area contributed by atoms with Crippen LogP contribution in [0.25, 0.3) is 0 Å². The fraction of sp³-hybridized carbons (Fsp3) is 0.400. The number of hydrogen-bond donors (Lipinski definition) is 0. The number of nitro benzene ring substituents is 1. The van der Waals surface area contributed by atoms with Crippen LogP contribution in [0.1, 0.15) is 5.56 Å². The molecule has 0 aromatic heterocycles. The Labute approximate surface area is 107 Å². The van der Waals surface area contributed by atoms with Crippen molar-refractivity contribution in [1.82, 2.24) is 4.48 Å². The normalized spacial score (nSPS) is 10.7. The fourth-order valence-corrected chi connectivity index (χ4v) is 1.21.